The van der Waals surface area contributed by atoms with Crippen molar-refractivity contribution in [1.29, 1.82) is 0 Å². The van der Waals surface area contributed by atoms with Gasteiger partial charge in [0.1, 0.15) is 5.82 Å². The Morgan fingerprint density at radius 3 is 2.34 bits per heavy atom. The second-order valence-corrected chi connectivity index (χ2v) is 8.18. The highest BCUT2D eigenvalue weighted by Crippen LogP contribution is 2.29. The molecule has 7 nitrogen and oxygen atoms in total. The first-order valence-corrected chi connectivity index (χ1v) is 11.6. The van der Waals surface area contributed by atoms with Crippen LogP contribution in [0, 0.1) is 11.8 Å². The molecule has 3 aromatic carbocycles. The molecule has 0 saturated carbocycles. The van der Waals surface area contributed by atoms with Gasteiger partial charge in [0, 0.05) is 12.0 Å². The smallest absolute Gasteiger partial charge is 0.180 e. The summed E-state index contributed by atoms with van der Waals surface area (Å²) in [4.78, 5) is 4.79. The minimum absolute atomic E-state index is 0.589. The van der Waals surface area contributed by atoms with Crippen LogP contribution < -0.4 is 0 Å². The van der Waals surface area contributed by atoms with Crippen LogP contribution in [0.4, 0.5) is 0 Å². The number of aromatic nitrogens is 7. The summed E-state index contributed by atoms with van der Waals surface area (Å²) in [6, 6.07) is 27.0. The van der Waals surface area contributed by atoms with Gasteiger partial charge >= 0.3 is 0 Å². The van der Waals surface area contributed by atoms with E-state index in [2.05, 4.69) is 87.1 Å². The number of aromatic amines is 1. The van der Waals surface area contributed by atoms with Crippen LogP contribution in [0.1, 0.15) is 29.7 Å². The Balaban J connectivity index is 1.35. The van der Waals surface area contributed by atoms with E-state index in [9.17, 15) is 0 Å². The molecule has 2 heterocycles. The molecule has 0 bridgehead atoms. The molecule has 0 radical (unpaired) electrons. The molecule has 0 atom stereocenters. The Hall–Kier alpha value is -4.57. The molecule has 35 heavy (non-hydrogen) atoms. The molecule has 5 aromatic rings. The van der Waals surface area contributed by atoms with E-state index in [1.807, 2.05) is 35.9 Å². The summed E-state index contributed by atoms with van der Waals surface area (Å²) in [6.45, 7) is 2.50. The molecule has 1 N–H and O–H groups in total. The molecule has 0 unspecified atom stereocenters. The second kappa shape index (κ2) is 10.6. The highest BCUT2D eigenvalue weighted by Gasteiger charge is 2.12. The summed E-state index contributed by atoms with van der Waals surface area (Å²) in [7, 11) is 0. The number of hydrogen-bond acceptors (Lipinski definition) is 5. The van der Waals surface area contributed by atoms with Crippen LogP contribution in [-0.2, 0) is 25.8 Å². The minimum Gasteiger partial charge on any atom is -0.244 e. The minimum atomic E-state index is 0.589. The van der Waals surface area contributed by atoms with E-state index >= 15 is 0 Å². The van der Waals surface area contributed by atoms with Crippen LogP contribution in [0.25, 0.3) is 22.5 Å². The fourth-order valence-electron chi connectivity index (χ4n) is 4.03. The average molecular weight is 460 g/mol. The summed E-state index contributed by atoms with van der Waals surface area (Å²) in [6.07, 6.45) is 2.31. The van der Waals surface area contributed by atoms with Crippen molar-refractivity contribution in [2.45, 2.75) is 32.7 Å². The van der Waals surface area contributed by atoms with Crippen molar-refractivity contribution < 1.29 is 0 Å². The molecule has 5 rings (SSSR count). The third-order valence-corrected chi connectivity index (χ3v) is 5.82. The van der Waals surface area contributed by atoms with Crippen molar-refractivity contribution in [2.24, 2.45) is 0 Å². The van der Waals surface area contributed by atoms with E-state index in [0.717, 1.165) is 46.7 Å². The number of H-pyrrole nitrogens is 1. The molecule has 7 heteroatoms. The summed E-state index contributed by atoms with van der Waals surface area (Å²) in [5.41, 5.74) is 5.57. The number of benzene rings is 3. The van der Waals surface area contributed by atoms with Crippen molar-refractivity contribution >= 4 is 0 Å². The van der Waals surface area contributed by atoms with Gasteiger partial charge in [-0.05, 0) is 46.0 Å². The van der Waals surface area contributed by atoms with Gasteiger partial charge in [0.05, 0.1) is 13.0 Å². The molecular formula is C28H25N7. The fourth-order valence-corrected chi connectivity index (χ4v) is 4.03. The maximum atomic E-state index is 4.81. The fraction of sp³-hybridized carbons (Fsp3) is 0.179. The van der Waals surface area contributed by atoms with Gasteiger partial charge in [-0.25, -0.2) is 14.8 Å². The summed E-state index contributed by atoms with van der Waals surface area (Å²) in [5, 5.41) is 19.2. The maximum absolute atomic E-state index is 4.81. The maximum Gasteiger partial charge on any atom is 0.180 e. The van der Waals surface area contributed by atoms with Crippen LogP contribution in [0.15, 0.2) is 78.9 Å². The van der Waals surface area contributed by atoms with E-state index in [0.29, 0.717) is 18.8 Å². The molecule has 172 valence electrons. The van der Waals surface area contributed by atoms with E-state index in [1.165, 1.54) is 5.56 Å². The number of nitrogens with zero attached hydrogens (tertiary/aromatic N) is 6. The van der Waals surface area contributed by atoms with Gasteiger partial charge in [0.15, 0.2) is 11.6 Å². The molecule has 0 fully saturated rings. The zero-order chi connectivity index (χ0) is 23.9. The van der Waals surface area contributed by atoms with Crippen molar-refractivity contribution in [3.8, 4) is 34.4 Å². The highest BCUT2D eigenvalue weighted by molar-refractivity contribution is 5.80. The molecule has 0 aliphatic carbocycles. The lowest BCUT2D eigenvalue weighted by Crippen LogP contribution is -2.07. The lowest BCUT2D eigenvalue weighted by atomic mass is 9.98. The molecule has 0 aliphatic rings. The lowest BCUT2D eigenvalue weighted by Gasteiger charge is -2.09. The van der Waals surface area contributed by atoms with Crippen LogP contribution in [0.3, 0.4) is 0 Å². The number of aryl methyl sites for hydroxylation is 2. The van der Waals surface area contributed by atoms with Gasteiger partial charge in [-0.2, -0.15) is 5.10 Å². The van der Waals surface area contributed by atoms with Crippen LogP contribution >= 0.6 is 0 Å². The Labute approximate surface area is 204 Å². The van der Waals surface area contributed by atoms with Gasteiger partial charge in [0.2, 0.25) is 0 Å². The van der Waals surface area contributed by atoms with Gasteiger partial charge in [0.25, 0.3) is 0 Å². The summed E-state index contributed by atoms with van der Waals surface area (Å²) in [5.74, 6) is 8.51. The van der Waals surface area contributed by atoms with Crippen molar-refractivity contribution in [3.05, 3.63) is 102 Å². The van der Waals surface area contributed by atoms with Crippen molar-refractivity contribution in [3.63, 3.8) is 0 Å². The first kappa shape index (κ1) is 22.2. The Kier molecular flexibility index (Phi) is 6.72. The quantitative estimate of drug-likeness (QED) is 0.345. The Morgan fingerprint density at radius 1 is 0.829 bits per heavy atom. The van der Waals surface area contributed by atoms with Gasteiger partial charge in [-0.15, -0.1) is 11.0 Å². The first-order chi connectivity index (χ1) is 17.3. The zero-order valence-corrected chi connectivity index (χ0v) is 19.5. The third-order valence-electron chi connectivity index (χ3n) is 5.82. The van der Waals surface area contributed by atoms with E-state index in [4.69, 9.17) is 10.1 Å². The number of rotatable bonds is 8. The largest absolute Gasteiger partial charge is 0.244 e. The normalized spacial score (nSPS) is 10.7. The molecule has 0 saturated heterocycles. The van der Waals surface area contributed by atoms with Gasteiger partial charge in [-0.1, -0.05) is 84.8 Å². The number of tetrazole rings is 1. The van der Waals surface area contributed by atoms with Gasteiger partial charge in [-0.3, -0.25) is 0 Å². The monoisotopic (exact) mass is 459 g/mol. The summed E-state index contributed by atoms with van der Waals surface area (Å²) >= 11 is 0. The molecule has 2 aromatic heterocycles. The third kappa shape index (κ3) is 5.33. The topological polar surface area (TPSA) is 85.2 Å². The number of hydrogen-bond donors (Lipinski definition) is 1. The SMILES string of the molecule is CC#CCc1nc(CCc2ccccc2)nn1Cc1ccc(-c2ccccc2-c2nnn[nH]2)cc1. The lowest BCUT2D eigenvalue weighted by molar-refractivity contribution is 0.643. The van der Waals surface area contributed by atoms with E-state index in [1.54, 1.807) is 0 Å². The highest BCUT2D eigenvalue weighted by atomic mass is 15.5. The van der Waals surface area contributed by atoms with E-state index in [-0.39, 0.29) is 0 Å². The molecule has 0 spiro atoms. The Morgan fingerprint density at radius 2 is 1.60 bits per heavy atom. The zero-order valence-electron chi connectivity index (χ0n) is 19.5. The second-order valence-electron chi connectivity index (χ2n) is 8.18. The Bertz CT molecular complexity index is 1440. The average Bonchev–Trinajstić information content (AvgIpc) is 3.58. The molecule has 0 amide bonds. The standard InChI is InChI=1S/C28H25N7/c1-2-3-13-27-29-26(19-16-21-9-5-4-6-10-21)32-35(27)20-22-14-17-23(18-15-22)24-11-7-8-12-25(24)28-30-33-34-31-28/h4-12,14-15,17-18H,13,16,19-20H2,1H3,(H,30,31,33,34). The summed E-state index contributed by atoms with van der Waals surface area (Å²) < 4.78 is 1.98. The predicted octanol–water partition coefficient (Wildman–Crippen LogP) is 4.52. The molecule has 0 aliphatic heterocycles. The van der Waals surface area contributed by atoms with Crippen LogP contribution in [0.5, 0.6) is 0 Å². The van der Waals surface area contributed by atoms with Gasteiger partial charge < -0.3 is 0 Å². The van der Waals surface area contributed by atoms with Crippen molar-refractivity contribution in [2.75, 3.05) is 0 Å². The molecular weight excluding hydrogens is 434 g/mol. The van der Waals surface area contributed by atoms with Crippen LogP contribution in [-0.4, -0.2) is 35.4 Å². The number of nitrogens with one attached hydrogen (secondary N) is 1. The van der Waals surface area contributed by atoms with Crippen LogP contribution in [0.2, 0.25) is 0 Å². The van der Waals surface area contributed by atoms with Crippen molar-refractivity contribution in [1.82, 2.24) is 35.4 Å². The predicted molar refractivity (Wildman–Crippen MR) is 135 cm³/mol. The first-order valence-electron chi connectivity index (χ1n) is 11.6. The van der Waals surface area contributed by atoms with E-state index < -0.39 is 0 Å².